The fourth-order valence-electron chi connectivity index (χ4n) is 2.05. The smallest absolute Gasteiger partial charge is 0.138 e. The van der Waals surface area contributed by atoms with Crippen molar-refractivity contribution in [3.63, 3.8) is 0 Å². The Bertz CT molecular complexity index is 682. The first-order chi connectivity index (χ1) is 9.40. The van der Waals surface area contributed by atoms with Crippen LogP contribution < -0.4 is 10.5 Å². The Balaban J connectivity index is 2.51. The first kappa shape index (κ1) is 15.0. The molecule has 2 nitrogen and oxygen atoms in total. The summed E-state index contributed by atoms with van der Waals surface area (Å²) in [6, 6.07) is 9.83. The van der Waals surface area contributed by atoms with E-state index in [1.54, 1.807) is 0 Å². The van der Waals surface area contributed by atoms with Crippen LogP contribution in [0.15, 0.2) is 34.8 Å². The zero-order valence-electron chi connectivity index (χ0n) is 11.7. The molecule has 0 aliphatic rings. The van der Waals surface area contributed by atoms with Crippen molar-refractivity contribution in [1.29, 1.82) is 0 Å². The molecular formula is C16H16BrNOS. The molecule has 0 bridgehead atoms. The number of halogens is 1. The molecule has 2 N–H and O–H groups in total. The quantitative estimate of drug-likeness (QED) is 0.808. The van der Waals surface area contributed by atoms with Crippen LogP contribution in [-0.4, -0.2) is 4.99 Å². The van der Waals surface area contributed by atoms with Gasteiger partial charge in [0.25, 0.3) is 0 Å². The molecule has 2 aromatic carbocycles. The highest BCUT2D eigenvalue weighted by Gasteiger charge is 2.13. The molecular weight excluding hydrogens is 334 g/mol. The fraction of sp³-hybridized carbons (Fsp3) is 0.188. The molecule has 20 heavy (non-hydrogen) atoms. The van der Waals surface area contributed by atoms with E-state index >= 15 is 0 Å². The van der Waals surface area contributed by atoms with Gasteiger partial charge in [-0.2, -0.15) is 0 Å². The van der Waals surface area contributed by atoms with Crippen molar-refractivity contribution in [3.8, 4) is 11.5 Å². The van der Waals surface area contributed by atoms with Gasteiger partial charge in [0.2, 0.25) is 0 Å². The number of thiocarbonyl (C=S) groups is 1. The predicted molar refractivity (Wildman–Crippen MR) is 90.8 cm³/mol. The van der Waals surface area contributed by atoms with Gasteiger partial charge in [-0.3, -0.25) is 0 Å². The normalized spacial score (nSPS) is 10.4. The lowest BCUT2D eigenvalue weighted by Crippen LogP contribution is -2.11. The van der Waals surface area contributed by atoms with E-state index in [2.05, 4.69) is 35.8 Å². The fourth-order valence-corrected chi connectivity index (χ4v) is 2.96. The summed E-state index contributed by atoms with van der Waals surface area (Å²) in [5.74, 6) is 1.50. The Morgan fingerprint density at radius 3 is 2.50 bits per heavy atom. The second-order valence-corrected chi connectivity index (χ2v) is 6.08. The van der Waals surface area contributed by atoms with Crippen LogP contribution in [0.4, 0.5) is 0 Å². The number of ether oxygens (including phenoxy) is 1. The van der Waals surface area contributed by atoms with E-state index in [1.165, 1.54) is 5.56 Å². The maximum Gasteiger partial charge on any atom is 0.138 e. The highest BCUT2D eigenvalue weighted by Crippen LogP contribution is 2.33. The summed E-state index contributed by atoms with van der Waals surface area (Å²) in [6.07, 6.45) is 0. The molecule has 0 aliphatic carbocycles. The molecule has 4 heteroatoms. The maximum absolute atomic E-state index is 6.05. The van der Waals surface area contributed by atoms with Crippen molar-refractivity contribution < 1.29 is 4.74 Å². The summed E-state index contributed by atoms with van der Waals surface area (Å²) in [5.41, 5.74) is 9.99. The van der Waals surface area contributed by atoms with Crippen molar-refractivity contribution >= 4 is 33.1 Å². The highest BCUT2D eigenvalue weighted by atomic mass is 79.9. The van der Waals surface area contributed by atoms with Crippen LogP contribution in [-0.2, 0) is 0 Å². The molecule has 0 saturated heterocycles. The minimum absolute atomic E-state index is 0.314. The topological polar surface area (TPSA) is 35.2 Å². The molecule has 0 heterocycles. The van der Waals surface area contributed by atoms with E-state index in [1.807, 2.05) is 31.2 Å². The van der Waals surface area contributed by atoms with Gasteiger partial charge in [-0.25, -0.2) is 0 Å². The molecule has 0 radical (unpaired) electrons. The number of rotatable bonds is 3. The molecule has 0 saturated carbocycles. The summed E-state index contributed by atoms with van der Waals surface area (Å²) in [6.45, 7) is 6.17. The minimum atomic E-state index is 0.314. The number of hydrogen-bond donors (Lipinski definition) is 1. The van der Waals surface area contributed by atoms with E-state index < -0.39 is 0 Å². The first-order valence-electron chi connectivity index (χ1n) is 6.24. The lowest BCUT2D eigenvalue weighted by atomic mass is 10.1. The third-order valence-electron chi connectivity index (χ3n) is 3.21. The van der Waals surface area contributed by atoms with Gasteiger partial charge >= 0.3 is 0 Å². The summed E-state index contributed by atoms with van der Waals surface area (Å²) in [7, 11) is 0. The predicted octanol–water partition coefficient (Wildman–Crippen LogP) is 4.80. The van der Waals surface area contributed by atoms with Crippen molar-refractivity contribution in [2.45, 2.75) is 20.8 Å². The van der Waals surface area contributed by atoms with Crippen LogP contribution in [0.25, 0.3) is 0 Å². The molecule has 0 aliphatic heterocycles. The summed E-state index contributed by atoms with van der Waals surface area (Å²) >= 11 is 8.57. The second kappa shape index (κ2) is 5.94. The third kappa shape index (κ3) is 3.02. The van der Waals surface area contributed by atoms with Crippen LogP contribution in [0.1, 0.15) is 22.3 Å². The summed E-state index contributed by atoms with van der Waals surface area (Å²) < 4.78 is 6.88. The molecule has 0 atom stereocenters. The van der Waals surface area contributed by atoms with Gasteiger partial charge in [-0.15, -0.1) is 0 Å². The minimum Gasteiger partial charge on any atom is -0.456 e. The van der Waals surface area contributed by atoms with Crippen molar-refractivity contribution in [2.75, 3.05) is 0 Å². The van der Waals surface area contributed by atoms with E-state index in [9.17, 15) is 0 Å². The Kier molecular flexibility index (Phi) is 4.45. The number of hydrogen-bond acceptors (Lipinski definition) is 2. The van der Waals surface area contributed by atoms with Gasteiger partial charge in [0, 0.05) is 4.47 Å². The molecule has 2 rings (SSSR count). The zero-order valence-corrected chi connectivity index (χ0v) is 14.1. The van der Waals surface area contributed by atoms with E-state index in [4.69, 9.17) is 22.7 Å². The van der Waals surface area contributed by atoms with Crippen LogP contribution in [0.5, 0.6) is 11.5 Å². The molecule has 104 valence electrons. The summed E-state index contributed by atoms with van der Waals surface area (Å²) in [5, 5.41) is 0. The number of nitrogens with two attached hydrogens (primary N) is 1. The average molecular weight is 350 g/mol. The van der Waals surface area contributed by atoms with E-state index in [0.29, 0.717) is 10.7 Å². The van der Waals surface area contributed by atoms with Crippen LogP contribution >= 0.6 is 28.1 Å². The highest BCUT2D eigenvalue weighted by molar-refractivity contribution is 9.10. The largest absolute Gasteiger partial charge is 0.456 e. The van der Waals surface area contributed by atoms with Crippen LogP contribution in [0, 0.1) is 20.8 Å². The van der Waals surface area contributed by atoms with Gasteiger partial charge in [0.15, 0.2) is 0 Å². The van der Waals surface area contributed by atoms with Gasteiger partial charge in [0.1, 0.15) is 16.5 Å². The Morgan fingerprint density at radius 2 is 1.85 bits per heavy atom. The molecule has 0 spiro atoms. The second-order valence-electron chi connectivity index (χ2n) is 4.78. The maximum atomic E-state index is 6.05. The van der Waals surface area contributed by atoms with Crippen LogP contribution in [0.2, 0.25) is 0 Å². The first-order valence-corrected chi connectivity index (χ1v) is 7.44. The standard InChI is InChI=1S/C16H16BrNOS/c1-9-7-10(2)11(3)14(8-9)19-13-6-4-5-12(17)15(13)16(18)20/h4-8H,1-3H3,(H2,18,20). The van der Waals surface area contributed by atoms with Gasteiger partial charge in [-0.1, -0.05) is 24.4 Å². The van der Waals surface area contributed by atoms with Crippen molar-refractivity contribution in [3.05, 3.63) is 57.1 Å². The zero-order chi connectivity index (χ0) is 14.9. The number of aryl methyl sites for hydroxylation is 2. The lowest BCUT2D eigenvalue weighted by molar-refractivity contribution is 0.476. The van der Waals surface area contributed by atoms with E-state index in [0.717, 1.165) is 26.9 Å². The SMILES string of the molecule is Cc1cc(C)c(C)c(Oc2cccc(Br)c2C(N)=S)c1. The molecule has 0 aromatic heterocycles. The molecule has 0 amide bonds. The molecule has 0 unspecified atom stereocenters. The van der Waals surface area contributed by atoms with E-state index in [-0.39, 0.29) is 0 Å². The van der Waals surface area contributed by atoms with Gasteiger partial charge in [0.05, 0.1) is 5.56 Å². The molecule has 0 fully saturated rings. The number of benzene rings is 2. The van der Waals surface area contributed by atoms with Crippen molar-refractivity contribution in [2.24, 2.45) is 5.73 Å². The molecule has 2 aromatic rings. The third-order valence-corrected chi connectivity index (χ3v) is 4.07. The van der Waals surface area contributed by atoms with Gasteiger partial charge in [-0.05, 0) is 71.6 Å². The lowest BCUT2D eigenvalue weighted by Gasteiger charge is -2.15. The Labute approximate surface area is 133 Å². The van der Waals surface area contributed by atoms with Crippen LogP contribution in [0.3, 0.4) is 0 Å². The Morgan fingerprint density at radius 1 is 1.15 bits per heavy atom. The Hall–Kier alpha value is -1.39. The van der Waals surface area contributed by atoms with Crippen molar-refractivity contribution in [1.82, 2.24) is 0 Å². The van der Waals surface area contributed by atoms with Gasteiger partial charge < -0.3 is 10.5 Å². The summed E-state index contributed by atoms with van der Waals surface area (Å²) in [4.78, 5) is 0.314. The monoisotopic (exact) mass is 349 g/mol. The average Bonchev–Trinajstić information content (AvgIpc) is 2.35.